The van der Waals surface area contributed by atoms with Crippen molar-refractivity contribution in [1.82, 2.24) is 9.55 Å². The van der Waals surface area contributed by atoms with Gasteiger partial charge in [-0.2, -0.15) is 13.2 Å². The number of nitrogens with two attached hydrogens (primary N) is 1. The highest BCUT2D eigenvalue weighted by Crippen LogP contribution is 2.41. The minimum absolute atomic E-state index is 0.0211. The zero-order chi connectivity index (χ0) is 22.6. The molecule has 0 amide bonds. The molecular formula is C20H21Cl2F3N4O2. The topological polar surface area (TPSA) is 73.4 Å². The minimum atomic E-state index is -4.90. The molecule has 0 unspecified atom stereocenters. The highest BCUT2D eigenvalue weighted by atomic mass is 35.5. The second-order valence-corrected chi connectivity index (χ2v) is 8.83. The lowest BCUT2D eigenvalue weighted by molar-refractivity contribution is -0.138. The highest BCUT2D eigenvalue weighted by molar-refractivity contribution is 6.43. The molecule has 11 heteroatoms. The monoisotopic (exact) mass is 476 g/mol. The molecule has 2 aromatic rings. The first-order chi connectivity index (χ1) is 14.5. The van der Waals surface area contributed by atoms with Crippen LogP contribution in [0.3, 0.4) is 0 Å². The standard InChI is InChI=1S/C20H21Cl2F3N4O2/c1-11-27-17(28-7-5-19(6-8-28)10-31-9-14(19)26)15(20(23,24)25)18(30)29(11)13-4-2-3-12(21)16(13)22/h2-4,14H,5-10,26H2,1H3/t14-/m1/s1. The Morgan fingerprint density at radius 1 is 1.26 bits per heavy atom. The van der Waals surface area contributed by atoms with Gasteiger partial charge in [0.25, 0.3) is 5.56 Å². The van der Waals surface area contributed by atoms with Crippen molar-refractivity contribution >= 4 is 29.0 Å². The van der Waals surface area contributed by atoms with E-state index in [0.717, 1.165) is 4.57 Å². The lowest BCUT2D eigenvalue weighted by Gasteiger charge is -2.41. The molecule has 2 saturated heterocycles. The lowest BCUT2D eigenvalue weighted by Crippen LogP contribution is -2.50. The summed E-state index contributed by atoms with van der Waals surface area (Å²) >= 11 is 12.2. The van der Waals surface area contributed by atoms with Gasteiger partial charge >= 0.3 is 6.18 Å². The van der Waals surface area contributed by atoms with Crippen LogP contribution in [0.1, 0.15) is 24.2 Å². The van der Waals surface area contributed by atoms with E-state index in [4.69, 9.17) is 33.7 Å². The van der Waals surface area contributed by atoms with Gasteiger partial charge in [0.2, 0.25) is 0 Å². The first-order valence-electron chi connectivity index (χ1n) is 9.79. The third-order valence-corrected chi connectivity index (χ3v) is 7.03. The number of aryl methyl sites for hydroxylation is 1. The quantitative estimate of drug-likeness (QED) is 0.713. The van der Waals surface area contributed by atoms with Crippen LogP contribution in [0.5, 0.6) is 0 Å². The summed E-state index contributed by atoms with van der Waals surface area (Å²) < 4.78 is 48.5. The van der Waals surface area contributed by atoms with Gasteiger partial charge in [-0.1, -0.05) is 29.3 Å². The molecular weight excluding hydrogens is 456 g/mol. The average Bonchev–Trinajstić information content (AvgIpc) is 3.04. The normalized spacial score (nSPS) is 21.1. The predicted molar refractivity (Wildman–Crippen MR) is 112 cm³/mol. The molecule has 2 aliphatic rings. The van der Waals surface area contributed by atoms with Gasteiger partial charge in [-0.25, -0.2) is 4.98 Å². The summed E-state index contributed by atoms with van der Waals surface area (Å²) in [6.45, 7) is 3.01. The number of piperidine rings is 1. The molecule has 2 fully saturated rings. The maximum atomic E-state index is 14.0. The van der Waals surface area contributed by atoms with Crippen molar-refractivity contribution in [3.05, 3.63) is 50.0 Å². The van der Waals surface area contributed by atoms with Crippen molar-refractivity contribution in [1.29, 1.82) is 0 Å². The van der Waals surface area contributed by atoms with E-state index in [1.54, 1.807) is 0 Å². The Kier molecular flexibility index (Phi) is 5.74. The summed E-state index contributed by atoms with van der Waals surface area (Å²) in [5, 5.41) is 0.103. The van der Waals surface area contributed by atoms with Gasteiger partial charge < -0.3 is 15.4 Å². The average molecular weight is 477 g/mol. The second-order valence-electron chi connectivity index (χ2n) is 8.04. The van der Waals surface area contributed by atoms with Gasteiger partial charge in [0.05, 0.1) is 28.9 Å². The van der Waals surface area contributed by atoms with E-state index in [2.05, 4.69) is 4.98 Å². The number of rotatable bonds is 2. The molecule has 1 atom stereocenters. The first-order valence-corrected chi connectivity index (χ1v) is 10.5. The Bertz CT molecular complexity index is 1070. The van der Waals surface area contributed by atoms with Gasteiger partial charge in [-0.3, -0.25) is 9.36 Å². The predicted octanol–water partition coefficient (Wildman–Crippen LogP) is 3.81. The number of anilines is 1. The van der Waals surface area contributed by atoms with E-state index in [1.807, 2.05) is 0 Å². The highest BCUT2D eigenvalue weighted by Gasteiger charge is 2.46. The van der Waals surface area contributed by atoms with E-state index in [1.165, 1.54) is 30.0 Å². The van der Waals surface area contributed by atoms with Crippen molar-refractivity contribution in [2.24, 2.45) is 11.1 Å². The maximum absolute atomic E-state index is 14.0. The lowest BCUT2D eigenvalue weighted by atomic mass is 9.75. The van der Waals surface area contributed by atoms with Crippen LogP contribution in [0.15, 0.2) is 23.0 Å². The van der Waals surface area contributed by atoms with Crippen LogP contribution >= 0.6 is 23.2 Å². The molecule has 1 spiro atoms. The number of alkyl halides is 3. The molecule has 3 heterocycles. The summed E-state index contributed by atoms with van der Waals surface area (Å²) in [6, 6.07) is 4.27. The first kappa shape index (κ1) is 22.4. The second kappa shape index (κ2) is 7.95. The van der Waals surface area contributed by atoms with Crippen LogP contribution in [0.2, 0.25) is 10.0 Å². The fourth-order valence-electron chi connectivity index (χ4n) is 4.39. The third kappa shape index (κ3) is 3.82. The van der Waals surface area contributed by atoms with Crippen LogP contribution in [0.4, 0.5) is 19.0 Å². The van der Waals surface area contributed by atoms with Gasteiger partial charge in [0.1, 0.15) is 11.6 Å². The molecule has 2 aliphatic heterocycles. The van der Waals surface area contributed by atoms with Gasteiger partial charge in [0.15, 0.2) is 5.56 Å². The summed E-state index contributed by atoms with van der Waals surface area (Å²) in [6.07, 6.45) is -3.77. The summed E-state index contributed by atoms with van der Waals surface area (Å²) in [5.74, 6) is -0.287. The number of hydrogen-bond donors (Lipinski definition) is 1. The SMILES string of the molecule is Cc1nc(N2CCC3(CC2)COC[C@H]3N)c(C(F)(F)F)c(=O)n1-c1cccc(Cl)c1Cl. The summed E-state index contributed by atoms with van der Waals surface area (Å²) in [7, 11) is 0. The van der Waals surface area contributed by atoms with E-state index in [9.17, 15) is 18.0 Å². The Morgan fingerprint density at radius 2 is 1.94 bits per heavy atom. The van der Waals surface area contributed by atoms with Crippen molar-refractivity contribution in [3.8, 4) is 5.69 Å². The third-order valence-electron chi connectivity index (χ3n) is 6.22. The number of hydrogen-bond acceptors (Lipinski definition) is 5. The fraction of sp³-hybridized carbons (Fsp3) is 0.500. The molecule has 6 nitrogen and oxygen atoms in total. The van der Waals surface area contributed by atoms with Gasteiger partial charge in [-0.05, 0) is 31.9 Å². The number of nitrogens with zero attached hydrogens (tertiary/aromatic N) is 3. The van der Waals surface area contributed by atoms with E-state index < -0.39 is 17.3 Å². The molecule has 1 aromatic carbocycles. The molecule has 0 saturated carbocycles. The van der Waals surface area contributed by atoms with E-state index >= 15 is 0 Å². The molecule has 1 aromatic heterocycles. The van der Waals surface area contributed by atoms with Crippen LogP contribution in [0.25, 0.3) is 5.69 Å². The molecule has 168 valence electrons. The summed E-state index contributed by atoms with van der Waals surface area (Å²) in [4.78, 5) is 18.8. The Labute approximate surface area is 186 Å². The molecule has 4 rings (SSSR count). The van der Waals surface area contributed by atoms with Crippen molar-refractivity contribution < 1.29 is 17.9 Å². The zero-order valence-corrected chi connectivity index (χ0v) is 18.2. The molecule has 31 heavy (non-hydrogen) atoms. The van der Waals surface area contributed by atoms with Crippen LogP contribution in [-0.4, -0.2) is 41.9 Å². The number of halogens is 5. The van der Waals surface area contributed by atoms with Crippen molar-refractivity contribution in [2.45, 2.75) is 32.0 Å². The molecule has 0 radical (unpaired) electrons. The Balaban J connectivity index is 1.80. The fourth-order valence-corrected chi connectivity index (χ4v) is 4.77. The summed E-state index contributed by atoms with van der Waals surface area (Å²) in [5.41, 5.74) is 3.42. The van der Waals surface area contributed by atoms with Crippen LogP contribution < -0.4 is 16.2 Å². The van der Waals surface area contributed by atoms with Crippen LogP contribution in [-0.2, 0) is 10.9 Å². The van der Waals surface area contributed by atoms with Crippen molar-refractivity contribution in [2.75, 3.05) is 31.2 Å². The molecule has 0 aliphatic carbocycles. The number of benzene rings is 1. The Hall–Kier alpha value is -1.81. The minimum Gasteiger partial charge on any atom is -0.379 e. The van der Waals surface area contributed by atoms with Gasteiger partial charge in [0, 0.05) is 24.5 Å². The Morgan fingerprint density at radius 3 is 2.52 bits per heavy atom. The van der Waals surface area contributed by atoms with E-state index in [0.29, 0.717) is 39.1 Å². The molecule has 2 N–H and O–H groups in total. The maximum Gasteiger partial charge on any atom is 0.425 e. The van der Waals surface area contributed by atoms with E-state index in [-0.39, 0.29) is 38.8 Å². The van der Waals surface area contributed by atoms with Crippen molar-refractivity contribution in [3.63, 3.8) is 0 Å². The zero-order valence-electron chi connectivity index (χ0n) is 16.7. The number of ether oxygens (including phenoxy) is 1. The number of aromatic nitrogens is 2. The van der Waals surface area contributed by atoms with Gasteiger partial charge in [-0.15, -0.1) is 0 Å². The smallest absolute Gasteiger partial charge is 0.379 e. The largest absolute Gasteiger partial charge is 0.425 e. The molecule has 0 bridgehead atoms. The van der Waals surface area contributed by atoms with Crippen LogP contribution in [0, 0.1) is 12.3 Å².